The molecule has 5 heterocycles. The average Bonchev–Trinajstić information content (AvgIpc) is 3.53. The first-order chi connectivity index (χ1) is 15.6. The van der Waals surface area contributed by atoms with E-state index in [4.69, 9.17) is 16.3 Å². The highest BCUT2D eigenvalue weighted by Crippen LogP contribution is 2.47. The van der Waals surface area contributed by atoms with Crippen molar-refractivity contribution in [1.29, 1.82) is 0 Å². The lowest BCUT2D eigenvalue weighted by molar-refractivity contribution is -0.136. The summed E-state index contributed by atoms with van der Waals surface area (Å²) in [6.45, 7) is 3.36. The summed E-state index contributed by atoms with van der Waals surface area (Å²) < 4.78 is 21.8. The van der Waals surface area contributed by atoms with Gasteiger partial charge in [-0.25, -0.2) is 14.1 Å². The SMILES string of the molecule is O=C(C1CCOC1)N1CCc2c(sc3c2-c2ncnn2CN3Cc2ccc(Cl)cc2F)C1. The highest BCUT2D eigenvalue weighted by Gasteiger charge is 2.36. The summed E-state index contributed by atoms with van der Waals surface area (Å²) in [5.74, 6) is 0.677. The number of carbonyl (C=O) groups excluding carboxylic acids is 1. The molecule has 10 heteroatoms. The minimum atomic E-state index is -0.319. The quantitative estimate of drug-likeness (QED) is 0.580. The first-order valence-electron chi connectivity index (χ1n) is 10.7. The van der Waals surface area contributed by atoms with Gasteiger partial charge in [0.1, 0.15) is 23.8 Å². The van der Waals surface area contributed by atoms with Crippen molar-refractivity contribution in [3.8, 4) is 11.4 Å². The number of ether oxygens (including phenoxy) is 1. The van der Waals surface area contributed by atoms with Gasteiger partial charge in [-0.3, -0.25) is 4.79 Å². The van der Waals surface area contributed by atoms with Crippen LogP contribution in [0.1, 0.15) is 22.4 Å². The minimum Gasteiger partial charge on any atom is -0.381 e. The molecular formula is C22H21ClFN5O2S. The summed E-state index contributed by atoms with van der Waals surface area (Å²) in [6.07, 6.45) is 3.14. The lowest BCUT2D eigenvalue weighted by atomic mass is 9.99. The topological polar surface area (TPSA) is 63.5 Å². The number of benzene rings is 1. The number of carbonyl (C=O) groups is 1. The Morgan fingerprint density at radius 1 is 1.38 bits per heavy atom. The molecule has 0 radical (unpaired) electrons. The number of aromatic nitrogens is 3. The first kappa shape index (κ1) is 20.1. The molecule has 0 aliphatic carbocycles. The zero-order chi connectivity index (χ0) is 21.8. The van der Waals surface area contributed by atoms with Crippen molar-refractivity contribution in [3.05, 3.63) is 51.4 Å². The summed E-state index contributed by atoms with van der Waals surface area (Å²) in [5, 5.41) is 5.82. The number of halogens is 2. The van der Waals surface area contributed by atoms with Gasteiger partial charge in [-0.1, -0.05) is 17.7 Å². The van der Waals surface area contributed by atoms with E-state index in [1.165, 1.54) is 16.5 Å². The van der Waals surface area contributed by atoms with Gasteiger partial charge < -0.3 is 14.5 Å². The number of nitrogens with zero attached hydrogens (tertiary/aromatic N) is 5. The smallest absolute Gasteiger partial charge is 0.228 e. The summed E-state index contributed by atoms with van der Waals surface area (Å²) in [5.41, 5.74) is 2.87. The maximum atomic E-state index is 14.5. The molecule has 7 nitrogen and oxygen atoms in total. The van der Waals surface area contributed by atoms with Crippen molar-refractivity contribution in [2.75, 3.05) is 24.7 Å². The highest BCUT2D eigenvalue weighted by atomic mass is 35.5. The molecule has 1 unspecified atom stereocenters. The van der Waals surface area contributed by atoms with E-state index in [0.29, 0.717) is 50.1 Å². The molecule has 0 spiro atoms. The number of hydrogen-bond acceptors (Lipinski definition) is 6. The molecule has 3 aliphatic heterocycles. The van der Waals surface area contributed by atoms with Crippen LogP contribution in [0.5, 0.6) is 0 Å². The molecule has 0 bridgehead atoms. The molecule has 1 fully saturated rings. The van der Waals surface area contributed by atoms with Crippen molar-refractivity contribution < 1.29 is 13.9 Å². The summed E-state index contributed by atoms with van der Waals surface area (Å²) in [4.78, 5) is 22.7. The molecule has 0 saturated carbocycles. The normalized spacial score (nSPS) is 19.6. The van der Waals surface area contributed by atoms with Gasteiger partial charge in [0.25, 0.3) is 0 Å². The Labute approximate surface area is 193 Å². The number of thiophene rings is 1. The van der Waals surface area contributed by atoms with Crippen molar-refractivity contribution in [3.63, 3.8) is 0 Å². The van der Waals surface area contributed by atoms with Crippen LogP contribution < -0.4 is 4.90 Å². The van der Waals surface area contributed by atoms with E-state index in [2.05, 4.69) is 15.0 Å². The Balaban J connectivity index is 1.34. The molecule has 2 aromatic heterocycles. The zero-order valence-corrected chi connectivity index (χ0v) is 18.8. The third-order valence-corrected chi connectivity index (χ3v) is 7.95. The van der Waals surface area contributed by atoms with Gasteiger partial charge in [0, 0.05) is 35.2 Å². The molecule has 1 saturated heterocycles. The molecule has 3 aliphatic rings. The molecule has 3 aromatic rings. The van der Waals surface area contributed by atoms with Gasteiger partial charge in [-0.05, 0) is 30.5 Å². The predicted molar refractivity (Wildman–Crippen MR) is 119 cm³/mol. The number of rotatable bonds is 3. The summed E-state index contributed by atoms with van der Waals surface area (Å²) >= 11 is 7.61. The standard InChI is InChI=1S/C22H21ClFN5O2S/c23-15-2-1-13(17(24)7-15)8-28-12-29-20(25-11-26-29)19-16-3-5-27(9-18(16)32-22(19)28)21(30)14-4-6-31-10-14/h1-2,7,11,14H,3-6,8-10,12H2. The second-order valence-corrected chi connectivity index (χ2v) is 9.93. The van der Waals surface area contributed by atoms with Gasteiger partial charge in [0.15, 0.2) is 5.82 Å². The van der Waals surface area contributed by atoms with Crippen molar-refractivity contribution in [2.45, 2.75) is 32.6 Å². The van der Waals surface area contributed by atoms with E-state index in [9.17, 15) is 9.18 Å². The van der Waals surface area contributed by atoms with Gasteiger partial charge >= 0.3 is 0 Å². The highest BCUT2D eigenvalue weighted by molar-refractivity contribution is 7.17. The molecule has 6 rings (SSSR count). The summed E-state index contributed by atoms with van der Waals surface area (Å²) in [6, 6.07) is 4.78. The van der Waals surface area contributed by atoms with Gasteiger partial charge in [0.05, 0.1) is 24.6 Å². The predicted octanol–water partition coefficient (Wildman–Crippen LogP) is 3.70. The van der Waals surface area contributed by atoms with Gasteiger partial charge in [-0.2, -0.15) is 5.10 Å². The Kier molecular flexibility index (Phi) is 4.93. The lowest BCUT2D eigenvalue weighted by Gasteiger charge is -2.30. The molecule has 1 amide bonds. The van der Waals surface area contributed by atoms with E-state index in [0.717, 1.165) is 29.2 Å². The third kappa shape index (κ3) is 3.30. The van der Waals surface area contributed by atoms with Crippen LogP contribution in [0.3, 0.4) is 0 Å². The molecular weight excluding hydrogens is 453 g/mol. The monoisotopic (exact) mass is 473 g/mol. The van der Waals surface area contributed by atoms with E-state index in [-0.39, 0.29) is 17.6 Å². The largest absolute Gasteiger partial charge is 0.381 e. The molecule has 166 valence electrons. The van der Waals surface area contributed by atoms with Crippen LogP contribution >= 0.6 is 22.9 Å². The van der Waals surface area contributed by atoms with Crippen molar-refractivity contribution in [2.24, 2.45) is 5.92 Å². The van der Waals surface area contributed by atoms with Crippen LogP contribution in [0.2, 0.25) is 5.02 Å². The van der Waals surface area contributed by atoms with Gasteiger partial charge in [0.2, 0.25) is 5.91 Å². The lowest BCUT2D eigenvalue weighted by Crippen LogP contribution is -2.39. The van der Waals surface area contributed by atoms with E-state index >= 15 is 0 Å². The van der Waals surface area contributed by atoms with Crippen LogP contribution in [0.15, 0.2) is 24.5 Å². The minimum absolute atomic E-state index is 0.0291. The van der Waals surface area contributed by atoms with Crippen LogP contribution in [-0.2, 0) is 35.7 Å². The van der Waals surface area contributed by atoms with E-state index in [1.807, 2.05) is 9.58 Å². The molecule has 0 N–H and O–H groups in total. The van der Waals surface area contributed by atoms with Crippen LogP contribution in [0.4, 0.5) is 9.39 Å². The number of hydrogen-bond donors (Lipinski definition) is 0. The molecule has 1 atom stereocenters. The first-order valence-corrected chi connectivity index (χ1v) is 11.9. The number of fused-ring (bicyclic) bond motifs is 5. The van der Waals surface area contributed by atoms with E-state index in [1.54, 1.807) is 29.8 Å². The van der Waals surface area contributed by atoms with Gasteiger partial charge in [-0.15, -0.1) is 11.3 Å². The Hall–Kier alpha value is -2.49. The second kappa shape index (κ2) is 7.83. The Morgan fingerprint density at radius 2 is 2.28 bits per heavy atom. The fourth-order valence-corrected chi connectivity index (χ4v) is 6.29. The number of anilines is 1. The van der Waals surface area contributed by atoms with Crippen molar-refractivity contribution >= 4 is 33.8 Å². The Morgan fingerprint density at radius 3 is 3.09 bits per heavy atom. The molecule has 1 aromatic carbocycles. The van der Waals surface area contributed by atoms with Crippen LogP contribution in [0.25, 0.3) is 11.4 Å². The summed E-state index contributed by atoms with van der Waals surface area (Å²) in [7, 11) is 0. The van der Waals surface area contributed by atoms with Crippen molar-refractivity contribution in [1.82, 2.24) is 19.7 Å². The third-order valence-electron chi connectivity index (χ3n) is 6.44. The van der Waals surface area contributed by atoms with Crippen LogP contribution in [0, 0.1) is 11.7 Å². The fourth-order valence-electron chi connectivity index (χ4n) is 4.78. The maximum Gasteiger partial charge on any atom is 0.228 e. The fraction of sp³-hybridized carbons (Fsp3) is 0.409. The second-order valence-electron chi connectivity index (χ2n) is 8.41. The van der Waals surface area contributed by atoms with E-state index < -0.39 is 0 Å². The molecule has 32 heavy (non-hydrogen) atoms. The van der Waals surface area contributed by atoms with Crippen LogP contribution in [-0.4, -0.2) is 45.3 Å². The zero-order valence-electron chi connectivity index (χ0n) is 17.3. The number of amides is 1. The Bertz CT molecular complexity index is 1210. The average molecular weight is 474 g/mol. The maximum absolute atomic E-state index is 14.5.